The molecule has 0 saturated carbocycles. The van der Waals surface area contributed by atoms with Crippen LogP contribution >= 0.6 is 35.0 Å². The SMILES string of the molecule is CC(C)C(=O)N1CCN(C(=O)CCCSc2nnc(Cc3ccccc3)n2-c2ccc(Cl)c(Cl)c2)CC1C. The van der Waals surface area contributed by atoms with Gasteiger partial charge in [0.1, 0.15) is 5.82 Å². The van der Waals surface area contributed by atoms with Crippen molar-refractivity contribution in [2.45, 2.75) is 51.2 Å². The molecule has 1 aromatic heterocycles. The Labute approximate surface area is 238 Å². The van der Waals surface area contributed by atoms with E-state index in [-0.39, 0.29) is 23.8 Å². The summed E-state index contributed by atoms with van der Waals surface area (Å²) in [6.45, 7) is 7.60. The van der Waals surface area contributed by atoms with E-state index in [9.17, 15) is 9.59 Å². The van der Waals surface area contributed by atoms with E-state index in [4.69, 9.17) is 23.2 Å². The predicted octanol–water partition coefficient (Wildman–Crippen LogP) is 5.75. The Bertz CT molecular complexity index is 1270. The largest absolute Gasteiger partial charge is 0.339 e. The Balaban J connectivity index is 1.38. The fraction of sp³-hybridized carbons (Fsp3) is 0.429. The van der Waals surface area contributed by atoms with E-state index in [1.165, 1.54) is 0 Å². The van der Waals surface area contributed by atoms with Gasteiger partial charge in [0.25, 0.3) is 0 Å². The molecule has 2 aromatic carbocycles. The van der Waals surface area contributed by atoms with Crippen LogP contribution in [0.25, 0.3) is 5.69 Å². The summed E-state index contributed by atoms with van der Waals surface area (Å²) >= 11 is 14.1. The lowest BCUT2D eigenvalue weighted by Crippen LogP contribution is -2.56. The first-order valence-electron chi connectivity index (χ1n) is 12.9. The molecule has 1 saturated heterocycles. The van der Waals surface area contributed by atoms with Gasteiger partial charge in [0.05, 0.1) is 15.7 Å². The summed E-state index contributed by atoms with van der Waals surface area (Å²) in [5.74, 6) is 1.77. The van der Waals surface area contributed by atoms with Crippen molar-refractivity contribution in [1.29, 1.82) is 0 Å². The van der Waals surface area contributed by atoms with Gasteiger partial charge in [0.2, 0.25) is 11.8 Å². The minimum atomic E-state index is -0.0316. The molecule has 2 heterocycles. The van der Waals surface area contributed by atoms with E-state index in [0.717, 1.165) is 28.0 Å². The van der Waals surface area contributed by atoms with E-state index < -0.39 is 0 Å². The first-order valence-corrected chi connectivity index (χ1v) is 14.6. The van der Waals surface area contributed by atoms with Gasteiger partial charge in [-0.1, -0.05) is 79.1 Å². The fourth-order valence-electron chi connectivity index (χ4n) is 4.56. The molecule has 0 aliphatic carbocycles. The second-order valence-corrected chi connectivity index (χ2v) is 11.7. The number of rotatable bonds is 9. The number of halogens is 2. The maximum Gasteiger partial charge on any atom is 0.225 e. The summed E-state index contributed by atoms with van der Waals surface area (Å²) in [5.41, 5.74) is 1.98. The van der Waals surface area contributed by atoms with Crippen molar-refractivity contribution in [1.82, 2.24) is 24.6 Å². The molecule has 1 aliphatic heterocycles. The lowest BCUT2D eigenvalue weighted by Gasteiger charge is -2.40. The lowest BCUT2D eigenvalue weighted by atomic mass is 10.1. The molecule has 1 unspecified atom stereocenters. The predicted molar refractivity (Wildman–Crippen MR) is 153 cm³/mol. The first-order chi connectivity index (χ1) is 18.2. The number of carbonyl (C=O) groups excluding carboxylic acids is 2. The molecule has 0 spiro atoms. The molecule has 0 bridgehead atoms. The quantitative estimate of drug-likeness (QED) is 0.240. The van der Waals surface area contributed by atoms with Crippen molar-refractivity contribution in [3.8, 4) is 5.69 Å². The van der Waals surface area contributed by atoms with E-state index >= 15 is 0 Å². The average Bonchev–Trinajstić information content (AvgIpc) is 3.30. The Hall–Kier alpha value is -2.55. The van der Waals surface area contributed by atoms with Crippen molar-refractivity contribution in [3.63, 3.8) is 0 Å². The van der Waals surface area contributed by atoms with Gasteiger partial charge < -0.3 is 9.80 Å². The summed E-state index contributed by atoms with van der Waals surface area (Å²) in [4.78, 5) is 29.1. The minimum Gasteiger partial charge on any atom is -0.339 e. The fourth-order valence-corrected chi connectivity index (χ4v) is 5.76. The molecule has 1 aliphatic rings. The third-order valence-electron chi connectivity index (χ3n) is 6.59. The highest BCUT2D eigenvalue weighted by atomic mass is 35.5. The molecule has 1 fully saturated rings. The van der Waals surface area contributed by atoms with Gasteiger partial charge in [0.15, 0.2) is 5.16 Å². The lowest BCUT2D eigenvalue weighted by molar-refractivity contribution is -0.144. The van der Waals surface area contributed by atoms with Gasteiger partial charge in [-0.05, 0) is 37.1 Å². The number of hydrogen-bond donors (Lipinski definition) is 0. The van der Waals surface area contributed by atoms with Gasteiger partial charge in [-0.3, -0.25) is 14.2 Å². The smallest absolute Gasteiger partial charge is 0.225 e. The Morgan fingerprint density at radius 1 is 1.05 bits per heavy atom. The average molecular weight is 575 g/mol. The van der Waals surface area contributed by atoms with Crippen LogP contribution in [-0.4, -0.2) is 67.8 Å². The van der Waals surface area contributed by atoms with Crippen molar-refractivity contribution in [2.75, 3.05) is 25.4 Å². The highest BCUT2D eigenvalue weighted by molar-refractivity contribution is 7.99. The highest BCUT2D eigenvalue weighted by Gasteiger charge is 2.30. The molecule has 10 heteroatoms. The van der Waals surface area contributed by atoms with Crippen molar-refractivity contribution in [2.24, 2.45) is 5.92 Å². The third kappa shape index (κ3) is 6.90. The van der Waals surface area contributed by atoms with Gasteiger partial charge in [-0.15, -0.1) is 10.2 Å². The Morgan fingerprint density at radius 2 is 1.82 bits per heavy atom. The van der Waals surface area contributed by atoms with Crippen LogP contribution in [0.4, 0.5) is 0 Å². The molecule has 202 valence electrons. The Morgan fingerprint density at radius 3 is 2.50 bits per heavy atom. The van der Waals surface area contributed by atoms with Crippen molar-refractivity contribution < 1.29 is 9.59 Å². The van der Waals surface area contributed by atoms with Crippen LogP contribution in [0.5, 0.6) is 0 Å². The van der Waals surface area contributed by atoms with Crippen LogP contribution < -0.4 is 0 Å². The maximum absolute atomic E-state index is 12.9. The minimum absolute atomic E-state index is 0.0316. The number of benzene rings is 2. The number of carbonyl (C=O) groups is 2. The van der Waals surface area contributed by atoms with Gasteiger partial charge in [-0.25, -0.2) is 0 Å². The number of hydrogen-bond acceptors (Lipinski definition) is 5. The normalized spacial score (nSPS) is 15.8. The molecule has 38 heavy (non-hydrogen) atoms. The summed E-state index contributed by atoms with van der Waals surface area (Å²) in [5, 5.41) is 10.6. The van der Waals surface area contributed by atoms with Crippen molar-refractivity contribution >= 4 is 46.8 Å². The zero-order chi connectivity index (χ0) is 27.2. The molecule has 4 rings (SSSR count). The number of aromatic nitrogens is 3. The summed E-state index contributed by atoms with van der Waals surface area (Å²) in [6.07, 6.45) is 1.79. The van der Waals surface area contributed by atoms with Crippen molar-refractivity contribution in [3.05, 3.63) is 70.0 Å². The molecular formula is C28H33Cl2N5O2S. The number of thioether (sulfide) groups is 1. The zero-order valence-electron chi connectivity index (χ0n) is 21.9. The second-order valence-electron chi connectivity index (χ2n) is 9.82. The summed E-state index contributed by atoms with van der Waals surface area (Å²) < 4.78 is 2.01. The molecule has 7 nitrogen and oxygen atoms in total. The molecule has 0 radical (unpaired) electrons. The molecule has 3 aromatic rings. The van der Waals surface area contributed by atoms with Crippen LogP contribution in [0.1, 0.15) is 45.0 Å². The molecular weight excluding hydrogens is 541 g/mol. The van der Waals surface area contributed by atoms with Crippen LogP contribution in [0.3, 0.4) is 0 Å². The topological polar surface area (TPSA) is 71.3 Å². The van der Waals surface area contributed by atoms with E-state index in [1.54, 1.807) is 17.8 Å². The van der Waals surface area contributed by atoms with Gasteiger partial charge >= 0.3 is 0 Å². The van der Waals surface area contributed by atoms with E-state index in [0.29, 0.717) is 48.9 Å². The number of nitrogens with zero attached hydrogens (tertiary/aromatic N) is 5. The monoisotopic (exact) mass is 573 g/mol. The molecule has 1 atom stereocenters. The highest BCUT2D eigenvalue weighted by Crippen LogP contribution is 2.29. The second kappa shape index (κ2) is 13.0. The standard InChI is InChI=1S/C28H33Cl2N5O2S/c1-19(2)27(37)34-14-13-33(18-20(34)3)26(36)10-7-15-38-28-32-31-25(16-21-8-5-4-6-9-21)35(28)22-11-12-23(29)24(30)17-22/h4-6,8-9,11-12,17,19-20H,7,10,13-16,18H2,1-3H3. The first kappa shape index (κ1) is 28.5. The van der Waals surface area contributed by atoms with Gasteiger partial charge in [-0.2, -0.15) is 0 Å². The zero-order valence-corrected chi connectivity index (χ0v) is 24.3. The number of piperazine rings is 1. The summed E-state index contributed by atoms with van der Waals surface area (Å²) in [6, 6.07) is 15.7. The third-order valence-corrected chi connectivity index (χ3v) is 8.34. The maximum atomic E-state index is 12.9. The Kier molecular flexibility index (Phi) is 9.74. The molecule has 2 amide bonds. The van der Waals surface area contributed by atoms with Gasteiger partial charge in [0, 0.05) is 50.2 Å². The van der Waals surface area contributed by atoms with E-state index in [1.807, 2.05) is 65.5 Å². The van der Waals surface area contributed by atoms with E-state index in [2.05, 4.69) is 22.3 Å². The number of amides is 2. The molecule has 0 N–H and O–H groups in total. The van der Waals surface area contributed by atoms with Crippen LogP contribution in [0.15, 0.2) is 53.7 Å². The van der Waals surface area contributed by atoms with Crippen LogP contribution in [0, 0.1) is 5.92 Å². The summed E-state index contributed by atoms with van der Waals surface area (Å²) in [7, 11) is 0. The van der Waals surface area contributed by atoms with Crippen LogP contribution in [0.2, 0.25) is 10.0 Å². The van der Waals surface area contributed by atoms with Crippen LogP contribution in [-0.2, 0) is 16.0 Å².